The van der Waals surface area contributed by atoms with Crippen LogP contribution in [0.4, 0.5) is 0 Å². The Bertz CT molecular complexity index is 811. The highest BCUT2D eigenvalue weighted by atomic mass is 79.9. The summed E-state index contributed by atoms with van der Waals surface area (Å²) in [4.78, 5) is 13.9. The maximum atomic E-state index is 12.9. The lowest BCUT2D eigenvalue weighted by atomic mass is 10.1. The molecule has 0 aromatic heterocycles. The van der Waals surface area contributed by atoms with Crippen LogP contribution < -0.4 is 11.1 Å². The van der Waals surface area contributed by atoms with Crippen LogP contribution >= 0.6 is 27.7 Å². The molecule has 0 fully saturated rings. The molecule has 3 nitrogen and oxygen atoms in total. The van der Waals surface area contributed by atoms with E-state index >= 15 is 0 Å². The lowest BCUT2D eigenvalue weighted by molar-refractivity contribution is -0.119. The third-order valence-corrected chi connectivity index (χ3v) is 5.28. The summed E-state index contributed by atoms with van der Waals surface area (Å²) in [5.74, 6) is -0.121. The van der Waals surface area contributed by atoms with Gasteiger partial charge in [-0.05, 0) is 55.1 Å². The highest BCUT2D eigenvalue weighted by Crippen LogP contribution is 2.36. The number of allylic oxidation sites excluding steroid dienone is 3. The van der Waals surface area contributed by atoms with Crippen LogP contribution in [0, 0.1) is 6.92 Å². The monoisotopic (exact) mass is 428 g/mol. The summed E-state index contributed by atoms with van der Waals surface area (Å²) in [6.07, 6.45) is 6.52. The molecule has 0 aliphatic heterocycles. The van der Waals surface area contributed by atoms with Crippen molar-refractivity contribution in [3.63, 3.8) is 0 Å². The normalized spacial score (nSPS) is 12.4. The molecule has 1 atom stereocenters. The number of rotatable bonds is 7. The highest BCUT2D eigenvalue weighted by Gasteiger charge is 2.22. The van der Waals surface area contributed by atoms with Gasteiger partial charge in [-0.25, -0.2) is 0 Å². The summed E-state index contributed by atoms with van der Waals surface area (Å²) in [5.41, 5.74) is 7.92. The SMILES string of the molecule is C=C(/C=C\C=C/N)NC(=O)C(Sc1ccc(C)cc1)c1ccc(Br)cc1. The van der Waals surface area contributed by atoms with Gasteiger partial charge in [0, 0.05) is 15.1 Å². The summed E-state index contributed by atoms with van der Waals surface area (Å²) in [5, 5.41) is 2.47. The van der Waals surface area contributed by atoms with Crippen molar-refractivity contribution in [2.24, 2.45) is 5.73 Å². The van der Waals surface area contributed by atoms with Crippen LogP contribution in [0.3, 0.4) is 0 Å². The van der Waals surface area contributed by atoms with E-state index in [9.17, 15) is 4.79 Å². The predicted octanol–water partition coefficient (Wildman–Crippen LogP) is 5.25. The van der Waals surface area contributed by atoms with Crippen LogP contribution in [0.5, 0.6) is 0 Å². The molecule has 1 unspecified atom stereocenters. The van der Waals surface area contributed by atoms with E-state index < -0.39 is 0 Å². The quantitative estimate of drug-likeness (QED) is 0.467. The number of hydrogen-bond acceptors (Lipinski definition) is 3. The molecule has 0 bridgehead atoms. The van der Waals surface area contributed by atoms with E-state index in [2.05, 4.69) is 27.8 Å². The molecule has 0 aliphatic carbocycles. The minimum atomic E-state index is -0.388. The Labute approximate surface area is 167 Å². The molecule has 1 amide bonds. The van der Waals surface area contributed by atoms with Crippen molar-refractivity contribution in [2.75, 3.05) is 0 Å². The Morgan fingerprint density at radius 3 is 2.42 bits per heavy atom. The Kier molecular flexibility index (Phi) is 7.75. The van der Waals surface area contributed by atoms with Gasteiger partial charge >= 0.3 is 0 Å². The lowest BCUT2D eigenvalue weighted by Crippen LogP contribution is -2.26. The molecule has 2 aromatic rings. The average molecular weight is 429 g/mol. The standard InChI is InChI=1S/C21H21BrN2OS/c1-15-6-12-19(13-7-15)26-20(17-8-10-18(22)11-9-17)21(25)24-16(2)5-3-4-14-23/h3-14,20H,2,23H2,1H3,(H,24,25)/b5-3-,14-4-. The number of hydrogen-bond donors (Lipinski definition) is 2. The molecule has 3 N–H and O–H groups in total. The van der Waals surface area contributed by atoms with Crippen molar-refractivity contribution in [3.8, 4) is 0 Å². The summed E-state index contributed by atoms with van der Waals surface area (Å²) in [6, 6.07) is 15.9. The number of carbonyl (C=O) groups is 1. The maximum absolute atomic E-state index is 12.9. The first-order chi connectivity index (χ1) is 12.5. The molecular weight excluding hydrogens is 408 g/mol. The number of benzene rings is 2. The third-order valence-electron chi connectivity index (χ3n) is 3.49. The predicted molar refractivity (Wildman–Crippen MR) is 114 cm³/mol. The molecule has 134 valence electrons. The first-order valence-corrected chi connectivity index (χ1v) is 9.70. The largest absolute Gasteiger partial charge is 0.405 e. The highest BCUT2D eigenvalue weighted by molar-refractivity contribution is 9.10. The number of amides is 1. The van der Waals surface area contributed by atoms with E-state index in [-0.39, 0.29) is 11.2 Å². The number of nitrogens with one attached hydrogen (secondary N) is 1. The fourth-order valence-electron chi connectivity index (χ4n) is 2.16. The van der Waals surface area contributed by atoms with Crippen molar-refractivity contribution in [1.29, 1.82) is 0 Å². The lowest BCUT2D eigenvalue weighted by Gasteiger charge is -2.17. The van der Waals surface area contributed by atoms with E-state index in [0.29, 0.717) is 5.70 Å². The van der Waals surface area contributed by atoms with Gasteiger partial charge in [0.2, 0.25) is 5.91 Å². The molecular formula is C21H21BrN2OS. The molecule has 0 aliphatic rings. The van der Waals surface area contributed by atoms with Gasteiger partial charge in [-0.2, -0.15) is 0 Å². The fourth-order valence-corrected chi connectivity index (χ4v) is 3.45. The van der Waals surface area contributed by atoms with E-state index in [1.807, 2.05) is 55.5 Å². The first kappa shape index (κ1) is 20.1. The van der Waals surface area contributed by atoms with Crippen molar-refractivity contribution >= 4 is 33.6 Å². The van der Waals surface area contributed by atoms with Gasteiger partial charge in [0.1, 0.15) is 5.25 Å². The van der Waals surface area contributed by atoms with Gasteiger partial charge in [-0.3, -0.25) is 4.79 Å². The van der Waals surface area contributed by atoms with Crippen LogP contribution in [-0.4, -0.2) is 5.91 Å². The molecule has 2 rings (SSSR count). The van der Waals surface area contributed by atoms with Crippen molar-refractivity contribution in [1.82, 2.24) is 5.32 Å². The summed E-state index contributed by atoms with van der Waals surface area (Å²) >= 11 is 4.94. The van der Waals surface area contributed by atoms with Crippen LogP contribution in [0.25, 0.3) is 0 Å². The Morgan fingerprint density at radius 1 is 1.15 bits per heavy atom. The van der Waals surface area contributed by atoms with Gasteiger partial charge in [0.25, 0.3) is 0 Å². The fraction of sp³-hybridized carbons (Fsp3) is 0.0952. The van der Waals surface area contributed by atoms with Crippen molar-refractivity contribution < 1.29 is 4.79 Å². The van der Waals surface area contributed by atoms with Gasteiger partial charge in [-0.1, -0.05) is 58.4 Å². The van der Waals surface area contributed by atoms with E-state index in [1.165, 1.54) is 23.5 Å². The summed E-state index contributed by atoms with van der Waals surface area (Å²) in [6.45, 7) is 5.91. The van der Waals surface area contributed by atoms with E-state index in [1.54, 1.807) is 18.2 Å². The number of halogens is 1. The van der Waals surface area contributed by atoms with Gasteiger partial charge in [-0.15, -0.1) is 11.8 Å². The summed E-state index contributed by atoms with van der Waals surface area (Å²) < 4.78 is 0.974. The molecule has 0 saturated heterocycles. The average Bonchev–Trinajstić information content (AvgIpc) is 2.62. The van der Waals surface area contributed by atoms with Crippen molar-refractivity contribution in [2.45, 2.75) is 17.1 Å². The number of aryl methyl sites for hydroxylation is 1. The molecule has 0 saturated carbocycles. The zero-order valence-electron chi connectivity index (χ0n) is 14.5. The Hall–Kier alpha value is -2.24. The van der Waals surface area contributed by atoms with Crippen LogP contribution in [0.15, 0.2) is 94.6 Å². The van der Waals surface area contributed by atoms with Crippen LogP contribution in [0.1, 0.15) is 16.4 Å². The topological polar surface area (TPSA) is 55.1 Å². The molecule has 26 heavy (non-hydrogen) atoms. The van der Waals surface area contributed by atoms with Gasteiger partial charge in [0.05, 0.1) is 0 Å². The number of nitrogens with two attached hydrogens (primary N) is 1. The number of carbonyl (C=O) groups excluding carboxylic acids is 1. The molecule has 5 heteroatoms. The van der Waals surface area contributed by atoms with E-state index in [0.717, 1.165) is 14.9 Å². The zero-order chi connectivity index (χ0) is 18.9. The Balaban J connectivity index is 2.21. The number of thioether (sulfide) groups is 1. The molecule has 0 heterocycles. The van der Waals surface area contributed by atoms with Gasteiger partial charge in [0.15, 0.2) is 0 Å². The summed E-state index contributed by atoms with van der Waals surface area (Å²) in [7, 11) is 0. The maximum Gasteiger partial charge on any atom is 0.242 e. The second-order valence-electron chi connectivity index (χ2n) is 5.62. The zero-order valence-corrected chi connectivity index (χ0v) is 16.9. The van der Waals surface area contributed by atoms with Crippen LogP contribution in [0.2, 0.25) is 0 Å². The molecule has 0 spiro atoms. The first-order valence-electron chi connectivity index (χ1n) is 8.03. The van der Waals surface area contributed by atoms with E-state index in [4.69, 9.17) is 5.73 Å². The minimum absolute atomic E-state index is 0.121. The molecule has 2 aromatic carbocycles. The second kappa shape index (κ2) is 10.0. The van der Waals surface area contributed by atoms with Gasteiger partial charge < -0.3 is 11.1 Å². The van der Waals surface area contributed by atoms with Crippen LogP contribution in [-0.2, 0) is 4.79 Å². The second-order valence-corrected chi connectivity index (χ2v) is 7.72. The third kappa shape index (κ3) is 6.24. The Morgan fingerprint density at radius 2 is 1.81 bits per heavy atom. The minimum Gasteiger partial charge on any atom is -0.405 e. The van der Waals surface area contributed by atoms with Crippen molar-refractivity contribution in [3.05, 3.63) is 101 Å². The smallest absolute Gasteiger partial charge is 0.242 e. The molecule has 0 radical (unpaired) electrons.